The van der Waals surface area contributed by atoms with Crippen molar-refractivity contribution in [2.75, 3.05) is 0 Å². The van der Waals surface area contributed by atoms with Crippen molar-refractivity contribution in [3.63, 3.8) is 0 Å². The zero-order valence-electron chi connectivity index (χ0n) is 11.2. The lowest BCUT2D eigenvalue weighted by Gasteiger charge is -2.07. The van der Waals surface area contributed by atoms with E-state index in [-0.39, 0.29) is 0 Å². The molecule has 3 nitrogen and oxygen atoms in total. The zero-order chi connectivity index (χ0) is 13.8. The van der Waals surface area contributed by atoms with Crippen molar-refractivity contribution >= 4 is 23.1 Å². The van der Waals surface area contributed by atoms with Gasteiger partial charge in [-0.05, 0) is 12.5 Å². The molecular weight excluding hydrogens is 286 g/mol. The van der Waals surface area contributed by atoms with Gasteiger partial charge in [-0.2, -0.15) is 0 Å². The van der Waals surface area contributed by atoms with E-state index in [1.807, 2.05) is 25.4 Å². The first kappa shape index (κ1) is 13.4. The molecule has 0 fully saturated rings. The highest BCUT2D eigenvalue weighted by Crippen LogP contribution is 2.25. The van der Waals surface area contributed by atoms with Crippen LogP contribution in [0.25, 0.3) is 0 Å². The first-order valence-corrected chi connectivity index (χ1v) is 8.26. The summed E-state index contributed by atoms with van der Waals surface area (Å²) in [6.45, 7) is 2.89. The number of thioether (sulfide) groups is 1. The molecule has 102 valence electrons. The fraction of sp³-hybridized carbons (Fsp3) is 0.200. The van der Waals surface area contributed by atoms with Crippen molar-refractivity contribution < 1.29 is 0 Å². The molecule has 1 aromatic carbocycles. The Kier molecular flexibility index (Phi) is 4.18. The average Bonchev–Trinajstić information content (AvgIpc) is 3.07. The number of nitrogens with zero attached hydrogens (tertiary/aromatic N) is 3. The molecule has 20 heavy (non-hydrogen) atoms. The molecule has 0 radical (unpaired) electrons. The number of hydrogen-bond donors (Lipinski definition) is 0. The summed E-state index contributed by atoms with van der Waals surface area (Å²) in [4.78, 5) is 8.92. The number of thiazole rings is 1. The molecule has 0 amide bonds. The highest BCUT2D eigenvalue weighted by molar-refractivity contribution is 8.00. The van der Waals surface area contributed by atoms with Gasteiger partial charge in [0.15, 0.2) is 4.34 Å². The van der Waals surface area contributed by atoms with Gasteiger partial charge in [0.25, 0.3) is 0 Å². The second-order valence-electron chi connectivity index (χ2n) is 4.50. The lowest BCUT2D eigenvalue weighted by atomic mass is 10.2. The van der Waals surface area contributed by atoms with E-state index < -0.39 is 0 Å². The average molecular weight is 301 g/mol. The third-order valence-electron chi connectivity index (χ3n) is 2.92. The van der Waals surface area contributed by atoms with Crippen LogP contribution in [0.1, 0.15) is 17.1 Å². The van der Waals surface area contributed by atoms with E-state index in [2.05, 4.69) is 44.2 Å². The Balaban J connectivity index is 1.67. The summed E-state index contributed by atoms with van der Waals surface area (Å²) in [5, 5.41) is 2.08. The lowest BCUT2D eigenvalue weighted by molar-refractivity contribution is 0.756. The maximum Gasteiger partial charge on any atom is 0.150 e. The van der Waals surface area contributed by atoms with Crippen LogP contribution in [0.3, 0.4) is 0 Å². The van der Waals surface area contributed by atoms with Gasteiger partial charge in [0.1, 0.15) is 5.82 Å². The van der Waals surface area contributed by atoms with Gasteiger partial charge in [0.2, 0.25) is 0 Å². The number of rotatable bonds is 5. The molecule has 0 N–H and O–H groups in total. The molecular formula is C15H15N3S2. The highest BCUT2D eigenvalue weighted by Gasteiger charge is 2.06. The minimum absolute atomic E-state index is 0.854. The Bertz CT molecular complexity index is 673. The summed E-state index contributed by atoms with van der Waals surface area (Å²) in [5.41, 5.74) is 2.38. The molecule has 0 spiro atoms. The summed E-state index contributed by atoms with van der Waals surface area (Å²) in [7, 11) is 0. The number of aromatic nitrogens is 3. The monoisotopic (exact) mass is 301 g/mol. The second-order valence-corrected chi connectivity index (χ2v) is 6.58. The Morgan fingerprint density at radius 1 is 1.25 bits per heavy atom. The molecule has 0 bridgehead atoms. The minimum Gasteiger partial charge on any atom is -0.330 e. The van der Waals surface area contributed by atoms with Crippen molar-refractivity contribution in [3.8, 4) is 0 Å². The Labute approximate surface area is 126 Å². The minimum atomic E-state index is 0.854. The van der Waals surface area contributed by atoms with Crippen LogP contribution in [0.4, 0.5) is 0 Å². The molecule has 0 saturated carbocycles. The summed E-state index contributed by atoms with van der Waals surface area (Å²) >= 11 is 3.44. The standard InChI is InChI=1S/C15H15N3S2/c1-12-10-19-15(17-12)20-11-14-16-7-8-18(14)9-13-5-3-2-4-6-13/h2-8,10H,9,11H2,1H3. The molecule has 0 atom stereocenters. The van der Waals surface area contributed by atoms with E-state index in [1.165, 1.54) is 5.56 Å². The number of benzene rings is 1. The first-order chi connectivity index (χ1) is 9.81. The van der Waals surface area contributed by atoms with E-state index in [0.717, 1.165) is 28.2 Å². The fourth-order valence-electron chi connectivity index (χ4n) is 1.93. The number of imidazole rings is 1. The predicted molar refractivity (Wildman–Crippen MR) is 84.2 cm³/mol. The molecule has 0 aliphatic heterocycles. The predicted octanol–water partition coefficient (Wildman–Crippen LogP) is 3.99. The molecule has 2 heterocycles. The number of aryl methyl sites for hydroxylation is 1. The van der Waals surface area contributed by atoms with Gasteiger partial charge in [-0.25, -0.2) is 9.97 Å². The first-order valence-electron chi connectivity index (χ1n) is 6.40. The van der Waals surface area contributed by atoms with Crippen molar-refractivity contribution in [2.24, 2.45) is 0 Å². The van der Waals surface area contributed by atoms with E-state index in [1.54, 1.807) is 23.1 Å². The summed E-state index contributed by atoms with van der Waals surface area (Å²) in [5.74, 6) is 1.94. The van der Waals surface area contributed by atoms with Crippen LogP contribution in [0.5, 0.6) is 0 Å². The Morgan fingerprint density at radius 3 is 2.85 bits per heavy atom. The lowest BCUT2D eigenvalue weighted by Crippen LogP contribution is -2.03. The third-order valence-corrected chi connectivity index (χ3v) is 5.06. The van der Waals surface area contributed by atoms with Gasteiger partial charge in [-0.3, -0.25) is 0 Å². The van der Waals surface area contributed by atoms with Crippen LogP contribution in [-0.4, -0.2) is 14.5 Å². The molecule has 0 unspecified atom stereocenters. The largest absolute Gasteiger partial charge is 0.330 e. The van der Waals surface area contributed by atoms with E-state index >= 15 is 0 Å². The Morgan fingerprint density at radius 2 is 2.10 bits per heavy atom. The normalized spacial score (nSPS) is 10.8. The second kappa shape index (κ2) is 6.24. The van der Waals surface area contributed by atoms with Crippen LogP contribution in [0, 0.1) is 6.92 Å². The van der Waals surface area contributed by atoms with E-state index in [0.29, 0.717) is 0 Å². The van der Waals surface area contributed by atoms with Crippen molar-refractivity contribution in [1.29, 1.82) is 0 Å². The van der Waals surface area contributed by atoms with Gasteiger partial charge in [-0.1, -0.05) is 42.1 Å². The van der Waals surface area contributed by atoms with Crippen LogP contribution in [0.15, 0.2) is 52.4 Å². The van der Waals surface area contributed by atoms with Crippen LogP contribution in [-0.2, 0) is 12.3 Å². The SMILES string of the molecule is Cc1csc(SCc2nccn2Cc2ccccc2)n1. The van der Waals surface area contributed by atoms with Gasteiger partial charge < -0.3 is 4.57 Å². The van der Waals surface area contributed by atoms with Crippen molar-refractivity contribution in [2.45, 2.75) is 23.6 Å². The van der Waals surface area contributed by atoms with Gasteiger partial charge >= 0.3 is 0 Å². The van der Waals surface area contributed by atoms with Crippen LogP contribution >= 0.6 is 23.1 Å². The summed E-state index contributed by atoms with van der Waals surface area (Å²) in [6, 6.07) is 10.5. The molecule has 5 heteroatoms. The van der Waals surface area contributed by atoms with Gasteiger partial charge in [-0.15, -0.1) is 11.3 Å². The zero-order valence-corrected chi connectivity index (χ0v) is 12.8. The van der Waals surface area contributed by atoms with E-state index in [4.69, 9.17) is 0 Å². The molecule has 0 aliphatic carbocycles. The summed E-state index contributed by atoms with van der Waals surface area (Å²) < 4.78 is 3.31. The van der Waals surface area contributed by atoms with Crippen molar-refractivity contribution in [1.82, 2.24) is 14.5 Å². The van der Waals surface area contributed by atoms with Crippen LogP contribution in [0.2, 0.25) is 0 Å². The topological polar surface area (TPSA) is 30.7 Å². The van der Waals surface area contributed by atoms with E-state index in [9.17, 15) is 0 Å². The van der Waals surface area contributed by atoms with Gasteiger partial charge in [0, 0.05) is 30.0 Å². The molecule has 0 saturated heterocycles. The number of hydrogen-bond acceptors (Lipinski definition) is 4. The maximum atomic E-state index is 4.47. The molecule has 3 aromatic rings. The molecule has 3 rings (SSSR count). The van der Waals surface area contributed by atoms with Crippen molar-refractivity contribution in [3.05, 3.63) is 65.2 Å². The molecule has 2 aromatic heterocycles. The third kappa shape index (κ3) is 3.29. The quantitative estimate of drug-likeness (QED) is 0.668. The van der Waals surface area contributed by atoms with Gasteiger partial charge in [0.05, 0.1) is 5.75 Å². The Hall–Kier alpha value is -1.59. The molecule has 0 aliphatic rings. The highest BCUT2D eigenvalue weighted by atomic mass is 32.2. The van der Waals surface area contributed by atoms with Crippen LogP contribution < -0.4 is 0 Å². The fourth-order valence-corrected chi connectivity index (χ4v) is 3.74. The maximum absolute atomic E-state index is 4.47. The summed E-state index contributed by atoms with van der Waals surface area (Å²) in [6.07, 6.45) is 3.90. The smallest absolute Gasteiger partial charge is 0.150 e.